The standard InChI is InChI=1S/C23H32N2O2/c1-5-25(6-2)13-14-27-22-16-20-18(15-21(22)26-4)11-12-24-23(20)19-10-8-7-9-17(19)3/h7-10,15-16,23-24H,5-6,11-14H2,1-4H3. The van der Waals surface area contributed by atoms with Crippen LogP contribution in [0.2, 0.25) is 0 Å². The lowest BCUT2D eigenvalue weighted by Crippen LogP contribution is -2.31. The molecule has 0 radical (unpaired) electrons. The molecule has 2 aromatic carbocycles. The molecular weight excluding hydrogens is 336 g/mol. The quantitative estimate of drug-likeness (QED) is 0.765. The molecule has 0 saturated heterocycles. The van der Waals surface area contributed by atoms with E-state index in [-0.39, 0.29) is 6.04 Å². The van der Waals surface area contributed by atoms with Gasteiger partial charge in [-0.1, -0.05) is 38.1 Å². The van der Waals surface area contributed by atoms with Gasteiger partial charge in [0.2, 0.25) is 0 Å². The molecule has 1 aliphatic rings. The van der Waals surface area contributed by atoms with E-state index < -0.39 is 0 Å². The van der Waals surface area contributed by atoms with Crippen LogP contribution in [-0.2, 0) is 6.42 Å². The number of hydrogen-bond acceptors (Lipinski definition) is 4. The zero-order valence-electron chi connectivity index (χ0n) is 17.0. The van der Waals surface area contributed by atoms with E-state index in [0.717, 1.165) is 44.1 Å². The second-order valence-electron chi connectivity index (χ2n) is 7.07. The van der Waals surface area contributed by atoms with Gasteiger partial charge in [-0.3, -0.25) is 0 Å². The predicted molar refractivity (Wildman–Crippen MR) is 111 cm³/mol. The molecule has 0 bridgehead atoms. The fraction of sp³-hybridized carbons (Fsp3) is 0.478. The van der Waals surface area contributed by atoms with Gasteiger partial charge in [0, 0.05) is 13.1 Å². The average Bonchev–Trinajstić information content (AvgIpc) is 2.70. The zero-order chi connectivity index (χ0) is 19.2. The molecule has 0 amide bonds. The predicted octanol–water partition coefficient (Wildman–Crippen LogP) is 3.96. The molecule has 0 aromatic heterocycles. The van der Waals surface area contributed by atoms with E-state index in [1.807, 2.05) is 0 Å². The van der Waals surface area contributed by atoms with Crippen molar-refractivity contribution in [2.24, 2.45) is 0 Å². The van der Waals surface area contributed by atoms with Gasteiger partial charge in [0.25, 0.3) is 0 Å². The van der Waals surface area contributed by atoms with Gasteiger partial charge < -0.3 is 19.7 Å². The van der Waals surface area contributed by atoms with Crippen molar-refractivity contribution in [3.63, 3.8) is 0 Å². The highest BCUT2D eigenvalue weighted by atomic mass is 16.5. The number of ether oxygens (including phenoxy) is 2. The van der Waals surface area contributed by atoms with Gasteiger partial charge in [0.15, 0.2) is 11.5 Å². The van der Waals surface area contributed by atoms with E-state index >= 15 is 0 Å². The van der Waals surface area contributed by atoms with Gasteiger partial charge in [-0.05, 0) is 60.8 Å². The highest BCUT2D eigenvalue weighted by molar-refractivity contribution is 5.52. The molecule has 2 aromatic rings. The van der Waals surface area contributed by atoms with Crippen molar-refractivity contribution in [1.82, 2.24) is 10.2 Å². The first-order valence-corrected chi connectivity index (χ1v) is 10.0. The molecule has 0 spiro atoms. The molecule has 1 aliphatic heterocycles. The molecule has 0 aliphatic carbocycles. The minimum absolute atomic E-state index is 0.200. The molecule has 1 atom stereocenters. The first kappa shape index (κ1) is 19.7. The van der Waals surface area contributed by atoms with Crippen LogP contribution in [0.15, 0.2) is 36.4 Å². The first-order valence-electron chi connectivity index (χ1n) is 10.0. The SMILES string of the molecule is CCN(CC)CCOc1cc2c(cc1OC)CCNC2c1ccccc1C. The van der Waals surface area contributed by atoms with Crippen molar-refractivity contribution in [2.45, 2.75) is 33.2 Å². The van der Waals surface area contributed by atoms with E-state index in [4.69, 9.17) is 9.47 Å². The number of benzene rings is 2. The van der Waals surface area contributed by atoms with Crippen LogP contribution in [0.3, 0.4) is 0 Å². The third kappa shape index (κ3) is 4.45. The zero-order valence-corrected chi connectivity index (χ0v) is 17.0. The maximum Gasteiger partial charge on any atom is 0.161 e. The Morgan fingerprint density at radius 2 is 1.85 bits per heavy atom. The number of fused-ring (bicyclic) bond motifs is 1. The number of hydrogen-bond donors (Lipinski definition) is 1. The molecule has 1 unspecified atom stereocenters. The largest absolute Gasteiger partial charge is 0.493 e. The summed E-state index contributed by atoms with van der Waals surface area (Å²) in [6.45, 7) is 11.2. The van der Waals surface area contributed by atoms with E-state index in [1.165, 1.54) is 22.3 Å². The van der Waals surface area contributed by atoms with Gasteiger partial charge in [-0.15, -0.1) is 0 Å². The molecule has 4 heteroatoms. The van der Waals surface area contributed by atoms with Crippen LogP contribution in [0, 0.1) is 6.92 Å². The van der Waals surface area contributed by atoms with Crippen molar-refractivity contribution in [1.29, 1.82) is 0 Å². The van der Waals surface area contributed by atoms with E-state index in [1.54, 1.807) is 7.11 Å². The molecule has 0 saturated carbocycles. The maximum absolute atomic E-state index is 6.15. The van der Waals surface area contributed by atoms with Gasteiger partial charge in [-0.2, -0.15) is 0 Å². The number of nitrogens with zero attached hydrogens (tertiary/aromatic N) is 1. The molecule has 1 heterocycles. The summed E-state index contributed by atoms with van der Waals surface area (Å²) in [6, 6.07) is 13.1. The van der Waals surface area contributed by atoms with Crippen molar-refractivity contribution in [2.75, 3.05) is 39.9 Å². The summed E-state index contributed by atoms with van der Waals surface area (Å²) in [5.41, 5.74) is 5.28. The van der Waals surface area contributed by atoms with E-state index in [0.29, 0.717) is 6.61 Å². The number of likely N-dealkylation sites (N-methyl/N-ethyl adjacent to an activating group) is 1. The van der Waals surface area contributed by atoms with Crippen molar-refractivity contribution in [3.05, 3.63) is 58.7 Å². The summed E-state index contributed by atoms with van der Waals surface area (Å²) >= 11 is 0. The summed E-state index contributed by atoms with van der Waals surface area (Å²) in [6.07, 6.45) is 1.01. The highest BCUT2D eigenvalue weighted by Crippen LogP contribution is 2.38. The Balaban J connectivity index is 1.88. The lowest BCUT2D eigenvalue weighted by atomic mass is 9.87. The number of methoxy groups -OCH3 is 1. The Labute approximate surface area is 163 Å². The molecule has 27 heavy (non-hydrogen) atoms. The summed E-state index contributed by atoms with van der Waals surface area (Å²) in [5.74, 6) is 1.67. The smallest absolute Gasteiger partial charge is 0.161 e. The Bertz CT molecular complexity index is 756. The Hall–Kier alpha value is -2.04. The summed E-state index contributed by atoms with van der Waals surface area (Å²) in [5, 5.41) is 3.69. The lowest BCUT2D eigenvalue weighted by molar-refractivity contribution is 0.217. The first-order chi connectivity index (χ1) is 13.2. The van der Waals surface area contributed by atoms with Crippen molar-refractivity contribution < 1.29 is 9.47 Å². The number of rotatable bonds is 8. The molecular formula is C23H32N2O2. The van der Waals surface area contributed by atoms with Gasteiger partial charge >= 0.3 is 0 Å². The fourth-order valence-electron chi connectivity index (χ4n) is 3.85. The Morgan fingerprint density at radius 1 is 1.07 bits per heavy atom. The van der Waals surface area contributed by atoms with E-state index in [2.05, 4.69) is 67.4 Å². The summed E-state index contributed by atoms with van der Waals surface area (Å²) in [4.78, 5) is 2.36. The van der Waals surface area contributed by atoms with Crippen LogP contribution < -0.4 is 14.8 Å². The molecule has 146 valence electrons. The average molecular weight is 369 g/mol. The number of aryl methyl sites for hydroxylation is 1. The third-order valence-corrected chi connectivity index (χ3v) is 5.54. The van der Waals surface area contributed by atoms with Crippen LogP contribution in [-0.4, -0.2) is 44.8 Å². The van der Waals surface area contributed by atoms with Gasteiger partial charge in [-0.25, -0.2) is 0 Å². The second-order valence-corrected chi connectivity index (χ2v) is 7.07. The van der Waals surface area contributed by atoms with Gasteiger partial charge in [0.1, 0.15) is 6.61 Å². The normalized spacial score (nSPS) is 16.3. The summed E-state index contributed by atoms with van der Waals surface area (Å²) in [7, 11) is 1.72. The topological polar surface area (TPSA) is 33.7 Å². The van der Waals surface area contributed by atoms with Crippen LogP contribution >= 0.6 is 0 Å². The molecule has 1 N–H and O–H groups in total. The monoisotopic (exact) mass is 368 g/mol. The second kappa shape index (κ2) is 9.25. The van der Waals surface area contributed by atoms with Crippen molar-refractivity contribution >= 4 is 0 Å². The van der Waals surface area contributed by atoms with Crippen LogP contribution in [0.5, 0.6) is 11.5 Å². The molecule has 0 fully saturated rings. The Morgan fingerprint density at radius 3 is 2.56 bits per heavy atom. The minimum atomic E-state index is 0.200. The van der Waals surface area contributed by atoms with Crippen LogP contribution in [0.25, 0.3) is 0 Å². The van der Waals surface area contributed by atoms with Crippen LogP contribution in [0.1, 0.15) is 42.1 Å². The third-order valence-electron chi connectivity index (χ3n) is 5.54. The number of nitrogens with one attached hydrogen (secondary N) is 1. The Kier molecular flexibility index (Phi) is 6.75. The highest BCUT2D eigenvalue weighted by Gasteiger charge is 2.25. The lowest BCUT2D eigenvalue weighted by Gasteiger charge is -2.29. The van der Waals surface area contributed by atoms with Gasteiger partial charge in [0.05, 0.1) is 13.2 Å². The minimum Gasteiger partial charge on any atom is -0.493 e. The van der Waals surface area contributed by atoms with E-state index in [9.17, 15) is 0 Å². The molecule has 4 nitrogen and oxygen atoms in total. The molecule has 3 rings (SSSR count). The van der Waals surface area contributed by atoms with Crippen LogP contribution in [0.4, 0.5) is 0 Å². The fourth-order valence-corrected chi connectivity index (χ4v) is 3.85. The maximum atomic E-state index is 6.15. The summed E-state index contributed by atoms with van der Waals surface area (Å²) < 4.78 is 11.8. The van der Waals surface area contributed by atoms with Crippen molar-refractivity contribution in [3.8, 4) is 11.5 Å².